The van der Waals surface area contributed by atoms with Crippen LogP contribution in [0.25, 0.3) is 0 Å². The van der Waals surface area contributed by atoms with E-state index in [0.29, 0.717) is 11.7 Å². The van der Waals surface area contributed by atoms with Crippen molar-refractivity contribution in [2.24, 2.45) is 5.73 Å². The van der Waals surface area contributed by atoms with E-state index in [1.54, 1.807) is 0 Å². The van der Waals surface area contributed by atoms with Gasteiger partial charge in [-0.2, -0.15) is 0 Å². The van der Waals surface area contributed by atoms with Gasteiger partial charge < -0.3 is 10.6 Å². The molecule has 0 spiro atoms. The second kappa shape index (κ2) is 5.17. The lowest BCUT2D eigenvalue weighted by molar-refractivity contribution is 0.427. The van der Waals surface area contributed by atoms with Gasteiger partial charge in [-0.3, -0.25) is 10.4 Å². The van der Waals surface area contributed by atoms with E-state index >= 15 is 0 Å². The van der Waals surface area contributed by atoms with Gasteiger partial charge in [-0.15, -0.1) is 0 Å². The van der Waals surface area contributed by atoms with Gasteiger partial charge in [0.1, 0.15) is 11.5 Å². The maximum atomic E-state index is 7.31. The summed E-state index contributed by atoms with van der Waals surface area (Å²) in [5.41, 5.74) is 7.05. The van der Waals surface area contributed by atoms with Crippen LogP contribution in [0.3, 0.4) is 0 Å². The Hall–Kier alpha value is -1.58. The topological polar surface area (TPSA) is 66.0 Å². The first-order valence-corrected chi connectivity index (χ1v) is 6.22. The minimum atomic E-state index is 0.0249. The number of amidine groups is 1. The number of nitrogens with two attached hydrogens (primary N) is 1. The van der Waals surface area contributed by atoms with Crippen molar-refractivity contribution in [3.63, 3.8) is 0 Å². The molecule has 1 fully saturated rings. The Labute approximate surface area is 102 Å². The zero-order chi connectivity index (χ0) is 12.3. The molecule has 1 aromatic rings. The van der Waals surface area contributed by atoms with Crippen LogP contribution in [-0.2, 0) is 0 Å². The number of nitrogens with zero attached hydrogens (tertiary/aromatic N) is 2. The van der Waals surface area contributed by atoms with Crippen molar-refractivity contribution in [1.29, 1.82) is 5.41 Å². The molecule has 1 aromatic heterocycles. The fourth-order valence-corrected chi connectivity index (χ4v) is 2.43. The smallest absolute Gasteiger partial charge is 0.141 e. The zero-order valence-electron chi connectivity index (χ0n) is 10.3. The molecule has 92 valence electrons. The first kappa shape index (κ1) is 11.9. The molecule has 0 bridgehead atoms. The lowest BCUT2D eigenvalue weighted by Gasteiger charge is -2.32. The summed E-state index contributed by atoms with van der Waals surface area (Å²) in [7, 11) is 2.13. The zero-order valence-corrected chi connectivity index (χ0v) is 10.3. The third-order valence-electron chi connectivity index (χ3n) is 3.55. The van der Waals surface area contributed by atoms with Crippen LogP contribution in [0.4, 0.5) is 5.69 Å². The Morgan fingerprint density at radius 2 is 2.06 bits per heavy atom. The minimum Gasteiger partial charge on any atom is -0.382 e. The molecule has 1 heterocycles. The number of aromatic nitrogens is 1. The fraction of sp³-hybridized carbons (Fsp3) is 0.538. The molecule has 0 amide bonds. The van der Waals surface area contributed by atoms with Crippen LogP contribution in [0.15, 0.2) is 18.3 Å². The van der Waals surface area contributed by atoms with Crippen molar-refractivity contribution in [2.75, 3.05) is 11.9 Å². The molecular formula is C13H20N4. The molecular weight excluding hydrogens is 212 g/mol. The van der Waals surface area contributed by atoms with Gasteiger partial charge >= 0.3 is 0 Å². The van der Waals surface area contributed by atoms with Crippen molar-refractivity contribution >= 4 is 11.5 Å². The highest BCUT2D eigenvalue weighted by molar-refractivity contribution is 5.93. The molecule has 1 aliphatic carbocycles. The molecule has 17 heavy (non-hydrogen) atoms. The van der Waals surface area contributed by atoms with E-state index in [-0.39, 0.29) is 5.84 Å². The van der Waals surface area contributed by atoms with Gasteiger partial charge in [-0.05, 0) is 25.0 Å². The van der Waals surface area contributed by atoms with Gasteiger partial charge in [0.15, 0.2) is 0 Å². The Morgan fingerprint density at radius 3 is 2.59 bits per heavy atom. The maximum absolute atomic E-state index is 7.31. The predicted octanol–water partition coefficient (Wildman–Crippen LogP) is 2.13. The summed E-state index contributed by atoms with van der Waals surface area (Å²) in [4.78, 5) is 6.50. The lowest BCUT2D eigenvalue weighted by atomic mass is 9.94. The average molecular weight is 232 g/mol. The van der Waals surface area contributed by atoms with Gasteiger partial charge in [0.2, 0.25) is 0 Å². The Morgan fingerprint density at radius 1 is 1.35 bits per heavy atom. The summed E-state index contributed by atoms with van der Waals surface area (Å²) >= 11 is 0. The number of nitrogen functional groups attached to an aromatic ring is 1. The van der Waals surface area contributed by atoms with Crippen LogP contribution < -0.4 is 10.6 Å². The maximum Gasteiger partial charge on any atom is 0.141 e. The van der Waals surface area contributed by atoms with Gasteiger partial charge in [-0.1, -0.05) is 19.3 Å². The quantitative estimate of drug-likeness (QED) is 0.620. The lowest BCUT2D eigenvalue weighted by Crippen LogP contribution is -2.33. The predicted molar refractivity (Wildman–Crippen MR) is 70.5 cm³/mol. The van der Waals surface area contributed by atoms with Crippen LogP contribution >= 0.6 is 0 Å². The molecule has 0 saturated heterocycles. The third-order valence-corrected chi connectivity index (χ3v) is 3.55. The summed E-state index contributed by atoms with van der Waals surface area (Å²) in [6, 6.07) is 4.45. The first-order chi connectivity index (χ1) is 8.18. The summed E-state index contributed by atoms with van der Waals surface area (Å²) < 4.78 is 0. The second-order valence-electron chi connectivity index (χ2n) is 4.72. The number of anilines is 1. The van der Waals surface area contributed by atoms with Crippen molar-refractivity contribution in [2.45, 2.75) is 38.1 Å². The van der Waals surface area contributed by atoms with Gasteiger partial charge in [0, 0.05) is 13.1 Å². The molecule has 1 saturated carbocycles. The molecule has 0 aliphatic heterocycles. The summed E-state index contributed by atoms with van der Waals surface area (Å²) in [5.74, 6) is 0.0249. The Balaban J connectivity index is 2.07. The SMILES string of the molecule is CN(c1ccc(C(=N)N)nc1)C1CCCCC1. The highest BCUT2D eigenvalue weighted by atomic mass is 15.1. The summed E-state index contributed by atoms with van der Waals surface area (Å²) in [6.45, 7) is 0. The monoisotopic (exact) mass is 232 g/mol. The van der Waals surface area contributed by atoms with E-state index in [2.05, 4.69) is 16.9 Å². The van der Waals surface area contributed by atoms with E-state index in [9.17, 15) is 0 Å². The highest BCUT2D eigenvalue weighted by Gasteiger charge is 2.18. The van der Waals surface area contributed by atoms with Crippen LogP contribution in [0.5, 0.6) is 0 Å². The molecule has 3 N–H and O–H groups in total. The average Bonchev–Trinajstić information content (AvgIpc) is 2.39. The Kier molecular flexibility index (Phi) is 3.61. The molecule has 0 unspecified atom stereocenters. The molecule has 1 aliphatic rings. The van der Waals surface area contributed by atoms with Crippen LogP contribution in [0, 0.1) is 5.41 Å². The highest BCUT2D eigenvalue weighted by Crippen LogP contribution is 2.25. The molecule has 4 heteroatoms. The van der Waals surface area contributed by atoms with Gasteiger partial charge in [0.25, 0.3) is 0 Å². The molecule has 4 nitrogen and oxygen atoms in total. The third kappa shape index (κ3) is 2.75. The van der Waals surface area contributed by atoms with Crippen molar-refractivity contribution in [3.8, 4) is 0 Å². The van der Waals surface area contributed by atoms with E-state index in [1.165, 1.54) is 32.1 Å². The molecule has 0 atom stereocenters. The van der Waals surface area contributed by atoms with E-state index < -0.39 is 0 Å². The number of rotatable bonds is 3. The van der Waals surface area contributed by atoms with E-state index in [4.69, 9.17) is 11.1 Å². The van der Waals surface area contributed by atoms with E-state index in [1.807, 2.05) is 18.3 Å². The number of hydrogen-bond donors (Lipinski definition) is 2. The molecule has 0 aromatic carbocycles. The molecule has 2 rings (SSSR count). The summed E-state index contributed by atoms with van der Waals surface area (Å²) in [5, 5.41) is 7.31. The molecule has 0 radical (unpaired) electrons. The van der Waals surface area contributed by atoms with Crippen molar-refractivity contribution in [1.82, 2.24) is 4.98 Å². The minimum absolute atomic E-state index is 0.0249. The van der Waals surface area contributed by atoms with Crippen molar-refractivity contribution < 1.29 is 0 Å². The van der Waals surface area contributed by atoms with E-state index in [0.717, 1.165) is 5.69 Å². The van der Waals surface area contributed by atoms with Crippen LogP contribution in [0.1, 0.15) is 37.8 Å². The van der Waals surface area contributed by atoms with Crippen LogP contribution in [0.2, 0.25) is 0 Å². The number of hydrogen-bond acceptors (Lipinski definition) is 3. The number of nitrogens with one attached hydrogen (secondary N) is 1. The largest absolute Gasteiger partial charge is 0.382 e. The van der Waals surface area contributed by atoms with Gasteiger partial charge in [-0.25, -0.2) is 0 Å². The van der Waals surface area contributed by atoms with Crippen LogP contribution in [-0.4, -0.2) is 23.9 Å². The first-order valence-electron chi connectivity index (χ1n) is 6.22. The normalized spacial score (nSPS) is 16.8. The second-order valence-corrected chi connectivity index (χ2v) is 4.72. The Bertz CT molecular complexity index is 379. The number of pyridine rings is 1. The van der Waals surface area contributed by atoms with Gasteiger partial charge in [0.05, 0.1) is 11.9 Å². The summed E-state index contributed by atoms with van der Waals surface area (Å²) in [6.07, 6.45) is 8.37. The van der Waals surface area contributed by atoms with Crippen molar-refractivity contribution in [3.05, 3.63) is 24.0 Å². The standard InChI is InChI=1S/C13H20N4/c1-17(10-5-3-2-4-6-10)11-7-8-12(13(14)15)16-9-11/h7-10H,2-6H2,1H3,(H3,14,15). The fourth-order valence-electron chi connectivity index (χ4n) is 2.43.